The molecular formula is C12H7F3O3S. The van der Waals surface area contributed by atoms with Gasteiger partial charge in [-0.2, -0.15) is 13.2 Å². The Bertz CT molecular complexity index is 748. The number of rotatable bonds is 0. The molecule has 1 aliphatic rings. The predicted octanol–water partition coefficient (Wildman–Crippen LogP) is 2.39. The highest BCUT2D eigenvalue weighted by Crippen LogP contribution is 2.38. The molecule has 0 N–H and O–H groups in total. The van der Waals surface area contributed by atoms with Gasteiger partial charge in [-0.05, 0) is 18.1 Å². The molecule has 19 heavy (non-hydrogen) atoms. The van der Waals surface area contributed by atoms with Crippen LogP contribution in [0, 0.1) is 0 Å². The third kappa shape index (κ3) is 1.80. The number of hydrogen-bond acceptors (Lipinski definition) is 3. The molecule has 0 aliphatic carbocycles. The topological polar surface area (TPSA) is 47.3 Å². The fourth-order valence-corrected chi connectivity index (χ4v) is 3.73. The van der Waals surface area contributed by atoms with Gasteiger partial charge in [0.2, 0.25) is 0 Å². The Labute approximate surface area is 107 Å². The summed E-state index contributed by atoms with van der Waals surface area (Å²) in [6.45, 7) is 0. The number of para-hydroxylation sites is 1. The first-order valence-corrected chi connectivity index (χ1v) is 6.63. The van der Waals surface area contributed by atoms with Crippen molar-refractivity contribution in [2.24, 2.45) is 0 Å². The van der Waals surface area contributed by atoms with Gasteiger partial charge in [-0.25, -0.2) is 4.79 Å². The molecular weight excluding hydrogens is 281 g/mol. The largest absolute Gasteiger partial charge is 0.422 e. The predicted molar refractivity (Wildman–Crippen MR) is 62.4 cm³/mol. The van der Waals surface area contributed by atoms with E-state index in [4.69, 9.17) is 4.42 Å². The molecule has 2 aromatic rings. The summed E-state index contributed by atoms with van der Waals surface area (Å²) in [4.78, 5) is 11.3. The zero-order valence-corrected chi connectivity index (χ0v) is 10.2. The van der Waals surface area contributed by atoms with E-state index in [1.807, 2.05) is 0 Å². The van der Waals surface area contributed by atoms with E-state index in [1.165, 1.54) is 6.07 Å². The Morgan fingerprint density at radius 3 is 2.63 bits per heavy atom. The quantitative estimate of drug-likeness (QED) is 0.699. The van der Waals surface area contributed by atoms with Gasteiger partial charge >= 0.3 is 11.8 Å². The first kappa shape index (κ1) is 12.4. The molecule has 0 radical (unpaired) electrons. The normalized spacial score (nSPS) is 22.7. The van der Waals surface area contributed by atoms with Crippen LogP contribution in [0.4, 0.5) is 13.2 Å². The van der Waals surface area contributed by atoms with Crippen LogP contribution in [0.5, 0.6) is 0 Å². The second kappa shape index (κ2) is 3.93. The summed E-state index contributed by atoms with van der Waals surface area (Å²) in [5.74, 6) is 0. The fourth-order valence-electron chi connectivity index (χ4n) is 2.24. The van der Waals surface area contributed by atoms with Gasteiger partial charge in [0.25, 0.3) is 0 Å². The molecule has 7 heteroatoms. The first-order valence-electron chi connectivity index (χ1n) is 5.41. The van der Waals surface area contributed by atoms with Crippen molar-refractivity contribution in [3.05, 3.63) is 40.2 Å². The highest BCUT2D eigenvalue weighted by Gasteiger charge is 2.50. The number of halogens is 3. The van der Waals surface area contributed by atoms with Crippen molar-refractivity contribution in [1.29, 1.82) is 0 Å². The van der Waals surface area contributed by atoms with Gasteiger partial charge in [0, 0.05) is 5.39 Å². The standard InChI is InChI=1S/C12H7F3O3S/c13-12(14,15)9-5-7-6-3-1-2-4-8(6)18-11(16)10(7)19(9)17/h1-4,9H,5H2. The molecule has 2 heterocycles. The highest BCUT2D eigenvalue weighted by atomic mass is 32.2. The van der Waals surface area contributed by atoms with Crippen LogP contribution in [0.3, 0.4) is 0 Å². The molecule has 3 rings (SSSR count). The highest BCUT2D eigenvalue weighted by molar-refractivity contribution is 7.86. The van der Waals surface area contributed by atoms with Crippen LogP contribution in [-0.4, -0.2) is 15.6 Å². The molecule has 100 valence electrons. The van der Waals surface area contributed by atoms with Crippen molar-refractivity contribution < 1.29 is 21.8 Å². The molecule has 1 aromatic heterocycles. The lowest BCUT2D eigenvalue weighted by Gasteiger charge is -2.11. The lowest BCUT2D eigenvalue weighted by atomic mass is 10.1. The SMILES string of the molecule is O=c1oc2ccccc2c2c1S(=O)C(C(F)(F)F)C2. The third-order valence-electron chi connectivity index (χ3n) is 3.09. The van der Waals surface area contributed by atoms with Crippen molar-refractivity contribution in [2.45, 2.75) is 22.7 Å². The Kier molecular flexibility index (Phi) is 2.57. The fraction of sp³-hybridized carbons (Fsp3) is 0.250. The molecule has 0 amide bonds. The Morgan fingerprint density at radius 1 is 1.26 bits per heavy atom. The second-order valence-corrected chi connectivity index (χ2v) is 5.80. The molecule has 2 unspecified atom stereocenters. The van der Waals surface area contributed by atoms with E-state index in [0.717, 1.165) is 0 Å². The Morgan fingerprint density at radius 2 is 1.95 bits per heavy atom. The van der Waals surface area contributed by atoms with E-state index in [1.54, 1.807) is 18.2 Å². The van der Waals surface area contributed by atoms with E-state index in [-0.39, 0.29) is 16.0 Å². The molecule has 0 fully saturated rings. The maximum Gasteiger partial charge on any atom is 0.403 e. The molecule has 0 bridgehead atoms. The number of hydrogen-bond donors (Lipinski definition) is 0. The smallest absolute Gasteiger partial charge is 0.403 e. The van der Waals surface area contributed by atoms with E-state index in [0.29, 0.717) is 5.39 Å². The lowest BCUT2D eigenvalue weighted by molar-refractivity contribution is -0.128. The Balaban J connectivity index is 2.31. The van der Waals surface area contributed by atoms with Gasteiger partial charge in [0.05, 0.1) is 10.8 Å². The molecule has 1 aliphatic heterocycles. The first-order chi connectivity index (χ1) is 8.89. The molecule has 0 spiro atoms. The summed E-state index contributed by atoms with van der Waals surface area (Å²) in [6, 6.07) is 6.31. The van der Waals surface area contributed by atoms with Crippen LogP contribution in [-0.2, 0) is 17.2 Å². The monoisotopic (exact) mass is 288 g/mol. The zero-order valence-electron chi connectivity index (χ0n) is 9.36. The maximum atomic E-state index is 12.8. The minimum Gasteiger partial charge on any atom is -0.422 e. The van der Waals surface area contributed by atoms with Crippen molar-refractivity contribution in [2.75, 3.05) is 0 Å². The summed E-state index contributed by atoms with van der Waals surface area (Å²) in [6.07, 6.45) is -5.05. The minimum atomic E-state index is -4.60. The summed E-state index contributed by atoms with van der Waals surface area (Å²) < 4.78 is 55.1. The summed E-state index contributed by atoms with van der Waals surface area (Å²) in [5.41, 5.74) is -0.544. The van der Waals surface area contributed by atoms with E-state index in [2.05, 4.69) is 0 Å². The molecule has 3 nitrogen and oxygen atoms in total. The number of fused-ring (bicyclic) bond motifs is 3. The average molecular weight is 288 g/mol. The Hall–Kier alpha value is -1.63. The van der Waals surface area contributed by atoms with Crippen LogP contribution < -0.4 is 5.63 Å². The number of alkyl halides is 3. The number of benzene rings is 1. The van der Waals surface area contributed by atoms with Crippen LogP contribution in [0.15, 0.2) is 38.4 Å². The van der Waals surface area contributed by atoms with Crippen molar-refractivity contribution in [3.63, 3.8) is 0 Å². The van der Waals surface area contributed by atoms with Crippen LogP contribution in [0.2, 0.25) is 0 Å². The van der Waals surface area contributed by atoms with Crippen molar-refractivity contribution in [1.82, 2.24) is 0 Å². The van der Waals surface area contributed by atoms with Gasteiger partial charge in [0.15, 0.2) is 0 Å². The van der Waals surface area contributed by atoms with E-state index in [9.17, 15) is 22.2 Å². The van der Waals surface area contributed by atoms with Gasteiger partial charge in [-0.1, -0.05) is 18.2 Å². The van der Waals surface area contributed by atoms with Gasteiger partial charge < -0.3 is 4.42 Å². The van der Waals surface area contributed by atoms with Crippen molar-refractivity contribution >= 4 is 21.8 Å². The van der Waals surface area contributed by atoms with E-state index < -0.39 is 34.3 Å². The van der Waals surface area contributed by atoms with Gasteiger partial charge in [-0.15, -0.1) is 0 Å². The summed E-state index contributed by atoms with van der Waals surface area (Å²) >= 11 is 0. The maximum absolute atomic E-state index is 12.8. The minimum absolute atomic E-state index is 0.188. The zero-order chi connectivity index (χ0) is 13.8. The third-order valence-corrected chi connectivity index (χ3v) is 4.85. The second-order valence-electron chi connectivity index (χ2n) is 4.23. The van der Waals surface area contributed by atoms with Crippen LogP contribution >= 0.6 is 0 Å². The average Bonchev–Trinajstić information content (AvgIpc) is 2.68. The van der Waals surface area contributed by atoms with Gasteiger partial charge in [0.1, 0.15) is 15.7 Å². The lowest BCUT2D eigenvalue weighted by Crippen LogP contribution is -2.31. The molecule has 0 saturated heterocycles. The molecule has 0 saturated carbocycles. The van der Waals surface area contributed by atoms with Crippen molar-refractivity contribution in [3.8, 4) is 0 Å². The van der Waals surface area contributed by atoms with Crippen LogP contribution in [0.1, 0.15) is 5.56 Å². The summed E-state index contributed by atoms with van der Waals surface area (Å²) in [5, 5.41) is -1.62. The van der Waals surface area contributed by atoms with Crippen LogP contribution in [0.25, 0.3) is 11.0 Å². The molecule has 2 atom stereocenters. The molecule has 1 aromatic carbocycles. The van der Waals surface area contributed by atoms with Gasteiger partial charge in [-0.3, -0.25) is 4.21 Å². The van der Waals surface area contributed by atoms with E-state index >= 15 is 0 Å². The summed E-state index contributed by atoms with van der Waals surface area (Å²) in [7, 11) is -2.40.